The van der Waals surface area contributed by atoms with Crippen molar-refractivity contribution in [1.82, 2.24) is 9.19 Å². The molecule has 0 aliphatic rings. The van der Waals surface area contributed by atoms with Crippen molar-refractivity contribution in [2.24, 2.45) is 0 Å². The van der Waals surface area contributed by atoms with E-state index in [4.69, 9.17) is 0 Å². The molecule has 4 nitrogen and oxygen atoms in total. The van der Waals surface area contributed by atoms with Crippen LogP contribution in [0, 0.1) is 0 Å². The van der Waals surface area contributed by atoms with E-state index in [9.17, 15) is 8.42 Å². The number of rotatable bonds is 3. The molecule has 0 saturated heterocycles. The van der Waals surface area contributed by atoms with E-state index in [2.05, 4.69) is 11.7 Å². The smallest absolute Gasteiger partial charge is 0.204 e. The van der Waals surface area contributed by atoms with Crippen LogP contribution in [0.1, 0.15) is 0 Å². The third-order valence-electron chi connectivity index (χ3n) is 1.09. The van der Waals surface area contributed by atoms with Crippen LogP contribution in [0.25, 0.3) is 0 Å². The average Bonchev–Trinajstić information content (AvgIpc) is 2.37. The lowest BCUT2D eigenvalue weighted by Crippen LogP contribution is -2.15. The zero-order valence-corrected chi connectivity index (χ0v) is 6.66. The van der Waals surface area contributed by atoms with Gasteiger partial charge in [-0.1, -0.05) is 6.08 Å². The number of nitrogens with zero attached hydrogens (tertiary/aromatic N) is 2. The summed E-state index contributed by atoms with van der Waals surface area (Å²) in [6.07, 6.45) is 4.14. The Balaban J connectivity index is 3.01. The summed E-state index contributed by atoms with van der Waals surface area (Å²) < 4.78 is 23.2. The molecule has 0 amide bonds. The lowest BCUT2D eigenvalue weighted by atomic mass is 10.8. The predicted molar refractivity (Wildman–Crippen MR) is 41.6 cm³/mol. The van der Waals surface area contributed by atoms with Gasteiger partial charge in [0.1, 0.15) is 0 Å². The van der Waals surface area contributed by atoms with E-state index >= 15 is 0 Å². The highest BCUT2D eigenvalue weighted by Gasteiger charge is 2.09. The third-order valence-corrected chi connectivity index (χ3v) is 2.54. The molecule has 0 radical (unpaired) electrons. The Hall–Kier alpha value is -1.10. The topological polar surface area (TPSA) is 52.0 Å². The van der Waals surface area contributed by atoms with Gasteiger partial charge in [0, 0.05) is 6.20 Å². The highest BCUT2D eigenvalue weighted by molar-refractivity contribution is 7.89. The number of hydrogen-bond donors (Lipinski definition) is 0. The molecule has 1 rings (SSSR count). The van der Waals surface area contributed by atoms with Crippen molar-refractivity contribution in [2.75, 3.05) is 5.75 Å². The van der Waals surface area contributed by atoms with Crippen LogP contribution in [0.4, 0.5) is 0 Å². The van der Waals surface area contributed by atoms with Gasteiger partial charge in [-0.3, -0.25) is 0 Å². The van der Waals surface area contributed by atoms with Crippen molar-refractivity contribution in [3.05, 3.63) is 31.1 Å². The quantitative estimate of drug-likeness (QED) is 0.614. The van der Waals surface area contributed by atoms with Crippen molar-refractivity contribution in [1.29, 1.82) is 0 Å². The average molecular weight is 172 g/mol. The van der Waals surface area contributed by atoms with Crippen LogP contribution in [-0.2, 0) is 10.0 Å². The van der Waals surface area contributed by atoms with Gasteiger partial charge in [-0.05, 0) is 6.07 Å². The molecule has 11 heavy (non-hydrogen) atoms. The van der Waals surface area contributed by atoms with Crippen LogP contribution >= 0.6 is 0 Å². The fourth-order valence-electron chi connectivity index (χ4n) is 0.645. The summed E-state index contributed by atoms with van der Waals surface area (Å²) in [6, 6.07) is 1.56. The van der Waals surface area contributed by atoms with E-state index in [0.29, 0.717) is 0 Å². The molecular weight excluding hydrogens is 164 g/mol. The third kappa shape index (κ3) is 1.68. The molecule has 0 bridgehead atoms. The molecule has 1 aromatic heterocycles. The number of hydrogen-bond acceptors (Lipinski definition) is 3. The van der Waals surface area contributed by atoms with Crippen molar-refractivity contribution in [3.63, 3.8) is 0 Å². The molecule has 0 spiro atoms. The molecule has 0 aliphatic carbocycles. The molecule has 0 N–H and O–H groups in total. The van der Waals surface area contributed by atoms with Gasteiger partial charge >= 0.3 is 0 Å². The number of aromatic nitrogens is 2. The molecule has 0 aliphatic heterocycles. The van der Waals surface area contributed by atoms with E-state index in [1.165, 1.54) is 18.5 Å². The second kappa shape index (κ2) is 2.87. The van der Waals surface area contributed by atoms with Gasteiger partial charge in [0.15, 0.2) is 0 Å². The van der Waals surface area contributed by atoms with Crippen molar-refractivity contribution in [2.45, 2.75) is 0 Å². The van der Waals surface area contributed by atoms with Crippen molar-refractivity contribution < 1.29 is 8.42 Å². The maximum atomic E-state index is 11.1. The van der Waals surface area contributed by atoms with E-state index in [1.807, 2.05) is 0 Å². The molecule has 1 heterocycles. The Kier molecular flexibility index (Phi) is 2.09. The Morgan fingerprint density at radius 3 is 2.82 bits per heavy atom. The highest BCUT2D eigenvalue weighted by atomic mass is 32.2. The van der Waals surface area contributed by atoms with Crippen LogP contribution < -0.4 is 0 Å². The van der Waals surface area contributed by atoms with E-state index in [0.717, 1.165) is 4.09 Å². The molecule has 1 aromatic rings. The van der Waals surface area contributed by atoms with Gasteiger partial charge in [0.25, 0.3) is 10.0 Å². The van der Waals surface area contributed by atoms with Gasteiger partial charge in [0.2, 0.25) is 0 Å². The maximum Gasteiger partial charge on any atom is 0.257 e. The Morgan fingerprint density at radius 2 is 2.36 bits per heavy atom. The van der Waals surface area contributed by atoms with Gasteiger partial charge in [0.05, 0.1) is 11.9 Å². The van der Waals surface area contributed by atoms with Crippen molar-refractivity contribution >= 4 is 10.0 Å². The highest BCUT2D eigenvalue weighted by Crippen LogP contribution is 1.94. The van der Waals surface area contributed by atoms with E-state index < -0.39 is 10.0 Å². The minimum absolute atomic E-state index is 0.0886. The summed E-state index contributed by atoms with van der Waals surface area (Å²) in [5.41, 5.74) is 0. The van der Waals surface area contributed by atoms with Crippen LogP contribution in [0.3, 0.4) is 0 Å². The summed E-state index contributed by atoms with van der Waals surface area (Å²) in [4.78, 5) is 0. The fraction of sp³-hybridized carbons (Fsp3) is 0.167. The first-order valence-electron chi connectivity index (χ1n) is 3.00. The molecule has 0 fully saturated rings. The van der Waals surface area contributed by atoms with Crippen LogP contribution in [0.2, 0.25) is 0 Å². The molecule has 5 heteroatoms. The molecular formula is C6H8N2O2S. The summed E-state index contributed by atoms with van der Waals surface area (Å²) in [7, 11) is -3.28. The van der Waals surface area contributed by atoms with Gasteiger partial charge in [-0.25, -0.2) is 8.42 Å². The zero-order chi connectivity index (χ0) is 8.32. The van der Waals surface area contributed by atoms with E-state index in [1.54, 1.807) is 6.07 Å². The lowest BCUT2D eigenvalue weighted by Gasteiger charge is -1.98. The van der Waals surface area contributed by atoms with E-state index in [-0.39, 0.29) is 5.75 Å². The molecule has 60 valence electrons. The zero-order valence-electron chi connectivity index (χ0n) is 5.84. The summed E-state index contributed by atoms with van der Waals surface area (Å²) >= 11 is 0. The lowest BCUT2D eigenvalue weighted by molar-refractivity contribution is 0.583. The molecule has 0 atom stereocenters. The monoisotopic (exact) mass is 172 g/mol. The van der Waals surface area contributed by atoms with Gasteiger partial charge < -0.3 is 0 Å². The Labute approximate surface area is 65.2 Å². The fourth-order valence-corrected chi connectivity index (χ4v) is 1.55. The van der Waals surface area contributed by atoms with Crippen LogP contribution in [0.15, 0.2) is 31.1 Å². The second-order valence-electron chi connectivity index (χ2n) is 1.95. The van der Waals surface area contributed by atoms with Crippen LogP contribution in [-0.4, -0.2) is 23.4 Å². The molecule has 0 saturated carbocycles. The largest absolute Gasteiger partial charge is 0.257 e. The van der Waals surface area contributed by atoms with Gasteiger partial charge in [-0.2, -0.15) is 9.19 Å². The molecule has 0 aromatic carbocycles. The first-order chi connectivity index (χ1) is 5.17. The Morgan fingerprint density at radius 1 is 1.64 bits per heavy atom. The second-order valence-corrected chi connectivity index (χ2v) is 3.82. The first-order valence-corrected chi connectivity index (χ1v) is 4.61. The minimum Gasteiger partial charge on any atom is -0.204 e. The summed E-state index contributed by atoms with van der Waals surface area (Å²) in [6.45, 7) is 3.34. The first kappa shape index (κ1) is 8.00. The standard InChI is InChI=1S/C6H8N2O2S/c1-2-6-11(9,10)8-5-3-4-7-8/h2-5H,1,6H2. The minimum atomic E-state index is -3.28. The Bertz CT molecular complexity index is 325. The SMILES string of the molecule is C=CCS(=O)(=O)n1cccn1. The molecule has 0 unspecified atom stereocenters. The summed E-state index contributed by atoms with van der Waals surface area (Å²) in [5.74, 6) is -0.0886. The maximum absolute atomic E-state index is 11.1. The predicted octanol–water partition coefficient (Wildman–Crippen LogP) is 0.247. The van der Waals surface area contributed by atoms with Crippen LogP contribution in [0.5, 0.6) is 0 Å². The normalized spacial score (nSPS) is 11.3. The van der Waals surface area contributed by atoms with Gasteiger partial charge in [-0.15, -0.1) is 6.58 Å². The van der Waals surface area contributed by atoms with Crippen molar-refractivity contribution in [3.8, 4) is 0 Å². The summed E-state index contributed by atoms with van der Waals surface area (Å²) in [5, 5.41) is 3.59.